The van der Waals surface area contributed by atoms with Crippen LogP contribution in [0.5, 0.6) is 0 Å². The van der Waals surface area contributed by atoms with E-state index in [2.05, 4.69) is 20.9 Å². The Morgan fingerprint density at radius 1 is 1.06 bits per heavy atom. The number of rotatable bonds is 3. The summed E-state index contributed by atoms with van der Waals surface area (Å²) < 4.78 is 15.1. The molecule has 8 heteroatoms. The van der Waals surface area contributed by atoms with Crippen LogP contribution in [0.4, 0.5) is 9.52 Å². The van der Waals surface area contributed by atoms with E-state index in [-0.39, 0.29) is 16.9 Å². The third kappa shape index (κ3) is 3.75. The van der Waals surface area contributed by atoms with Crippen LogP contribution >= 0.6 is 27.3 Å². The number of hydrogen-bond acceptors (Lipinski definition) is 5. The normalized spacial score (nSPS) is 17.8. The van der Waals surface area contributed by atoms with Crippen LogP contribution in [-0.2, 0) is 9.59 Å². The van der Waals surface area contributed by atoms with Gasteiger partial charge in [0.05, 0.1) is 21.8 Å². The summed E-state index contributed by atoms with van der Waals surface area (Å²) in [6, 6.07) is 17.2. The van der Waals surface area contributed by atoms with Crippen molar-refractivity contribution in [2.24, 2.45) is 0 Å². The number of aliphatic hydroxyl groups excluding tert-OH is 1. The van der Waals surface area contributed by atoms with Crippen LogP contribution in [-0.4, -0.2) is 21.8 Å². The summed E-state index contributed by atoms with van der Waals surface area (Å²) in [5.41, 5.74) is 2.59. The molecule has 0 bridgehead atoms. The first-order chi connectivity index (χ1) is 15.8. The molecule has 5 nitrogen and oxygen atoms in total. The first-order valence-corrected chi connectivity index (χ1v) is 11.6. The number of thiazole rings is 1. The minimum Gasteiger partial charge on any atom is -0.507 e. The second-order valence-electron chi connectivity index (χ2n) is 7.70. The Labute approximate surface area is 200 Å². The molecule has 1 amide bonds. The number of amides is 1. The Bertz CT molecular complexity index is 1450. The van der Waals surface area contributed by atoms with Crippen molar-refractivity contribution in [3.63, 3.8) is 0 Å². The summed E-state index contributed by atoms with van der Waals surface area (Å²) in [6.07, 6.45) is 0. The first kappa shape index (κ1) is 21.5. The van der Waals surface area contributed by atoms with Crippen molar-refractivity contribution in [2.75, 3.05) is 4.90 Å². The molecule has 3 aromatic carbocycles. The molecule has 1 N–H and O–H groups in total. The second-order valence-corrected chi connectivity index (χ2v) is 9.62. The summed E-state index contributed by atoms with van der Waals surface area (Å²) in [5.74, 6) is -2.43. The fraction of sp³-hybridized carbons (Fsp3) is 0.0800. The lowest BCUT2D eigenvalue weighted by atomic mass is 9.95. The SMILES string of the molecule is Cc1ccc2nc(N3C(=O)C(=O)C(=C(O)c4ccc(F)cc4)[C@@H]3c3ccc(Br)cc3)sc2c1. The highest BCUT2D eigenvalue weighted by atomic mass is 79.9. The van der Waals surface area contributed by atoms with Gasteiger partial charge in [0.2, 0.25) is 0 Å². The molecule has 0 saturated carbocycles. The number of fused-ring (bicyclic) bond motifs is 1. The number of nitrogens with zero attached hydrogens (tertiary/aromatic N) is 2. The molecule has 1 aliphatic heterocycles. The largest absolute Gasteiger partial charge is 0.507 e. The number of ketones is 1. The van der Waals surface area contributed by atoms with Gasteiger partial charge in [-0.3, -0.25) is 14.5 Å². The van der Waals surface area contributed by atoms with Crippen LogP contribution in [0.2, 0.25) is 0 Å². The second kappa shape index (κ2) is 8.20. The predicted molar refractivity (Wildman–Crippen MR) is 130 cm³/mol. The number of aromatic nitrogens is 1. The molecule has 1 saturated heterocycles. The van der Waals surface area contributed by atoms with E-state index >= 15 is 0 Å². The van der Waals surface area contributed by atoms with Crippen molar-refractivity contribution in [1.29, 1.82) is 0 Å². The average molecular weight is 523 g/mol. The van der Waals surface area contributed by atoms with Gasteiger partial charge in [-0.2, -0.15) is 0 Å². The molecule has 4 aromatic rings. The highest BCUT2D eigenvalue weighted by Crippen LogP contribution is 2.44. The lowest BCUT2D eigenvalue weighted by molar-refractivity contribution is -0.132. The molecule has 1 atom stereocenters. The van der Waals surface area contributed by atoms with Gasteiger partial charge in [-0.05, 0) is 66.6 Å². The molecular formula is C25H16BrFN2O3S. The highest BCUT2D eigenvalue weighted by Gasteiger charge is 2.48. The van der Waals surface area contributed by atoms with E-state index in [0.717, 1.165) is 20.3 Å². The fourth-order valence-electron chi connectivity index (χ4n) is 3.88. The zero-order chi connectivity index (χ0) is 23.3. The van der Waals surface area contributed by atoms with Gasteiger partial charge in [0, 0.05) is 10.0 Å². The monoisotopic (exact) mass is 522 g/mol. The standard InChI is InChI=1S/C25H16BrFN2O3S/c1-13-2-11-18-19(12-13)33-25(28-18)29-21(14-3-7-16(26)8-4-14)20(23(31)24(29)32)22(30)15-5-9-17(27)10-6-15/h2-12,21,30H,1H3/t21-/m0/s1. The third-order valence-electron chi connectivity index (χ3n) is 5.49. The molecule has 33 heavy (non-hydrogen) atoms. The molecule has 1 fully saturated rings. The fourth-order valence-corrected chi connectivity index (χ4v) is 5.23. The zero-order valence-corrected chi connectivity index (χ0v) is 19.7. The van der Waals surface area contributed by atoms with Crippen LogP contribution in [0, 0.1) is 12.7 Å². The summed E-state index contributed by atoms with van der Waals surface area (Å²) in [6.45, 7) is 1.97. The molecule has 0 radical (unpaired) electrons. The Morgan fingerprint density at radius 2 is 1.76 bits per heavy atom. The smallest absolute Gasteiger partial charge is 0.301 e. The van der Waals surface area contributed by atoms with Gasteiger partial charge in [0.1, 0.15) is 11.6 Å². The van der Waals surface area contributed by atoms with E-state index in [1.807, 2.05) is 25.1 Å². The van der Waals surface area contributed by atoms with E-state index in [1.165, 1.54) is 40.5 Å². The van der Waals surface area contributed by atoms with Gasteiger partial charge in [0.25, 0.3) is 5.78 Å². The molecule has 2 heterocycles. The van der Waals surface area contributed by atoms with Gasteiger partial charge in [-0.25, -0.2) is 9.37 Å². The van der Waals surface area contributed by atoms with E-state index < -0.39 is 23.5 Å². The van der Waals surface area contributed by atoms with Gasteiger partial charge >= 0.3 is 5.91 Å². The molecule has 0 unspecified atom stereocenters. The summed E-state index contributed by atoms with van der Waals surface area (Å²) >= 11 is 4.71. The molecular weight excluding hydrogens is 507 g/mol. The lowest BCUT2D eigenvalue weighted by Crippen LogP contribution is -2.29. The predicted octanol–water partition coefficient (Wildman–Crippen LogP) is 6.13. The number of hydrogen-bond donors (Lipinski definition) is 1. The number of Topliss-reactive ketones (excluding diaryl/α,β-unsaturated/α-hetero) is 1. The number of carbonyl (C=O) groups excluding carboxylic acids is 2. The minimum absolute atomic E-state index is 0.0654. The van der Waals surface area contributed by atoms with Crippen LogP contribution in [0.25, 0.3) is 16.0 Å². The first-order valence-electron chi connectivity index (χ1n) is 10.0. The summed E-state index contributed by atoms with van der Waals surface area (Å²) in [5, 5.41) is 11.4. The zero-order valence-electron chi connectivity index (χ0n) is 17.3. The average Bonchev–Trinajstić information content (AvgIpc) is 3.32. The van der Waals surface area contributed by atoms with E-state index in [4.69, 9.17) is 0 Å². The molecule has 164 valence electrons. The summed E-state index contributed by atoms with van der Waals surface area (Å²) in [4.78, 5) is 32.3. The Kier molecular flexibility index (Phi) is 5.34. The van der Waals surface area contributed by atoms with Gasteiger partial charge < -0.3 is 5.11 Å². The summed E-state index contributed by atoms with van der Waals surface area (Å²) in [7, 11) is 0. The maximum absolute atomic E-state index is 13.4. The van der Waals surface area contributed by atoms with Crippen molar-refractivity contribution in [2.45, 2.75) is 13.0 Å². The van der Waals surface area contributed by atoms with Gasteiger partial charge in [-0.15, -0.1) is 0 Å². The van der Waals surface area contributed by atoms with Crippen molar-refractivity contribution < 1.29 is 19.1 Å². The number of halogens is 2. The Morgan fingerprint density at radius 3 is 2.45 bits per heavy atom. The van der Waals surface area contributed by atoms with Crippen LogP contribution < -0.4 is 4.90 Å². The van der Waals surface area contributed by atoms with Crippen LogP contribution in [0.1, 0.15) is 22.7 Å². The molecule has 5 rings (SSSR count). The van der Waals surface area contributed by atoms with Crippen molar-refractivity contribution in [1.82, 2.24) is 4.98 Å². The van der Waals surface area contributed by atoms with Crippen LogP contribution in [0.15, 0.2) is 76.8 Å². The van der Waals surface area contributed by atoms with E-state index in [9.17, 15) is 19.1 Å². The van der Waals surface area contributed by atoms with E-state index in [1.54, 1.807) is 24.3 Å². The number of aliphatic hydroxyl groups is 1. The third-order valence-corrected chi connectivity index (χ3v) is 7.03. The minimum atomic E-state index is -0.884. The number of aryl methyl sites for hydroxylation is 1. The topological polar surface area (TPSA) is 70.5 Å². The maximum Gasteiger partial charge on any atom is 0.301 e. The lowest BCUT2D eigenvalue weighted by Gasteiger charge is -2.23. The Balaban J connectivity index is 1.73. The highest BCUT2D eigenvalue weighted by molar-refractivity contribution is 9.10. The van der Waals surface area contributed by atoms with Crippen molar-refractivity contribution in [3.05, 3.63) is 99.3 Å². The quantitative estimate of drug-likeness (QED) is 0.199. The molecule has 1 aliphatic rings. The number of carbonyl (C=O) groups is 2. The number of anilines is 1. The maximum atomic E-state index is 13.4. The molecule has 1 aromatic heterocycles. The molecule has 0 spiro atoms. The van der Waals surface area contributed by atoms with Gasteiger partial charge in [-0.1, -0.05) is 45.5 Å². The van der Waals surface area contributed by atoms with Gasteiger partial charge in [0.15, 0.2) is 5.13 Å². The van der Waals surface area contributed by atoms with Crippen LogP contribution in [0.3, 0.4) is 0 Å². The van der Waals surface area contributed by atoms with Crippen molar-refractivity contribution >= 4 is 60.1 Å². The van der Waals surface area contributed by atoms with E-state index in [0.29, 0.717) is 10.7 Å². The number of benzene rings is 3. The Hall–Kier alpha value is -3.36. The van der Waals surface area contributed by atoms with Crippen molar-refractivity contribution in [3.8, 4) is 0 Å². The molecule has 0 aliphatic carbocycles.